The van der Waals surface area contributed by atoms with Crippen LogP contribution in [-0.2, 0) is 16.6 Å². The fourth-order valence-electron chi connectivity index (χ4n) is 3.49. The Morgan fingerprint density at radius 2 is 2.00 bits per heavy atom. The van der Waals surface area contributed by atoms with Gasteiger partial charge in [0.1, 0.15) is 17.4 Å². The van der Waals surface area contributed by atoms with Crippen LogP contribution in [0.15, 0.2) is 42.5 Å². The van der Waals surface area contributed by atoms with Gasteiger partial charge < -0.3 is 10.1 Å². The number of carbonyl (C=O) groups is 1. The van der Waals surface area contributed by atoms with Crippen molar-refractivity contribution in [2.75, 3.05) is 13.2 Å². The smallest absolute Gasteiger partial charge is 0.257 e. The van der Waals surface area contributed by atoms with E-state index in [1.165, 1.54) is 12.1 Å². The molecule has 1 aliphatic carbocycles. The molecule has 2 atom stereocenters. The molecular formula is C21H23F2NO2. The van der Waals surface area contributed by atoms with Crippen molar-refractivity contribution >= 4 is 5.91 Å². The maximum atomic E-state index is 14.2. The Morgan fingerprint density at radius 3 is 2.65 bits per heavy atom. The van der Waals surface area contributed by atoms with Gasteiger partial charge in [0.05, 0.1) is 0 Å². The highest BCUT2D eigenvalue weighted by Crippen LogP contribution is 2.54. The molecule has 1 N–H and O–H groups in total. The summed E-state index contributed by atoms with van der Waals surface area (Å²) in [7, 11) is 0. The van der Waals surface area contributed by atoms with Gasteiger partial charge in [0.2, 0.25) is 0 Å². The summed E-state index contributed by atoms with van der Waals surface area (Å²) in [5.41, 5.74) is 1.04. The third-order valence-corrected chi connectivity index (χ3v) is 5.23. The Bertz CT molecular complexity index is 808. The summed E-state index contributed by atoms with van der Waals surface area (Å²) in [4.78, 5) is 12.2. The van der Waals surface area contributed by atoms with Gasteiger partial charge in [0, 0.05) is 18.0 Å². The number of rotatable bonds is 7. The lowest BCUT2D eigenvalue weighted by Crippen LogP contribution is -2.36. The van der Waals surface area contributed by atoms with E-state index in [-0.39, 0.29) is 18.4 Å². The van der Waals surface area contributed by atoms with E-state index >= 15 is 0 Å². The van der Waals surface area contributed by atoms with Gasteiger partial charge in [-0.1, -0.05) is 38.1 Å². The van der Waals surface area contributed by atoms with Crippen LogP contribution in [0.5, 0.6) is 5.75 Å². The Kier molecular flexibility index (Phi) is 5.25. The molecule has 0 spiro atoms. The zero-order valence-electron chi connectivity index (χ0n) is 15.0. The van der Waals surface area contributed by atoms with Gasteiger partial charge in [-0.3, -0.25) is 4.79 Å². The molecule has 1 aliphatic rings. The second kappa shape index (κ2) is 7.44. The first-order valence-corrected chi connectivity index (χ1v) is 8.89. The molecule has 2 unspecified atom stereocenters. The lowest BCUT2D eigenvalue weighted by atomic mass is 9.92. The predicted octanol–water partition coefficient (Wildman–Crippen LogP) is 4.00. The molecule has 0 heterocycles. The van der Waals surface area contributed by atoms with Gasteiger partial charge >= 0.3 is 0 Å². The van der Waals surface area contributed by atoms with Crippen molar-refractivity contribution in [2.24, 2.45) is 5.92 Å². The SMILES string of the molecule is CCc1ccccc1OCC(=O)NCC1(c2ccc(F)cc2F)CC1C. The van der Waals surface area contributed by atoms with Crippen LogP contribution in [0.25, 0.3) is 0 Å². The standard InChI is InChI=1S/C21H23F2NO2/c1-3-15-6-4-5-7-19(15)26-12-20(25)24-13-21(11-14(21)2)17-9-8-16(22)10-18(17)23/h4-10,14H,3,11-13H2,1-2H3,(H,24,25). The van der Waals surface area contributed by atoms with E-state index in [0.717, 1.165) is 24.5 Å². The van der Waals surface area contributed by atoms with Crippen LogP contribution in [0, 0.1) is 17.6 Å². The Hall–Kier alpha value is -2.43. The van der Waals surface area contributed by atoms with Crippen LogP contribution in [0.3, 0.4) is 0 Å². The predicted molar refractivity (Wildman–Crippen MR) is 96.1 cm³/mol. The van der Waals surface area contributed by atoms with Crippen molar-refractivity contribution in [3.8, 4) is 5.75 Å². The average Bonchev–Trinajstić information content (AvgIpc) is 3.29. The highest BCUT2D eigenvalue weighted by Gasteiger charge is 2.53. The minimum atomic E-state index is -0.596. The summed E-state index contributed by atoms with van der Waals surface area (Å²) in [6.07, 6.45) is 1.58. The van der Waals surface area contributed by atoms with E-state index in [0.29, 0.717) is 17.9 Å². The average molecular weight is 359 g/mol. The fraction of sp³-hybridized carbons (Fsp3) is 0.381. The molecule has 0 bridgehead atoms. The summed E-state index contributed by atoms with van der Waals surface area (Å²) >= 11 is 0. The molecule has 0 aromatic heterocycles. The van der Waals surface area contributed by atoms with Gasteiger partial charge in [-0.25, -0.2) is 8.78 Å². The van der Waals surface area contributed by atoms with Crippen LogP contribution in [-0.4, -0.2) is 19.1 Å². The summed E-state index contributed by atoms with van der Waals surface area (Å²) in [6.45, 7) is 4.25. The molecule has 0 radical (unpaired) electrons. The molecule has 3 rings (SSSR count). The monoisotopic (exact) mass is 359 g/mol. The minimum Gasteiger partial charge on any atom is -0.483 e. The lowest BCUT2D eigenvalue weighted by molar-refractivity contribution is -0.123. The van der Waals surface area contributed by atoms with Crippen LogP contribution in [0.1, 0.15) is 31.4 Å². The first-order valence-electron chi connectivity index (χ1n) is 8.89. The van der Waals surface area contributed by atoms with Crippen molar-refractivity contribution in [3.63, 3.8) is 0 Å². The first kappa shape index (κ1) is 18.4. The van der Waals surface area contributed by atoms with E-state index in [1.54, 1.807) is 0 Å². The number of carbonyl (C=O) groups excluding carboxylic acids is 1. The summed E-state index contributed by atoms with van der Waals surface area (Å²) in [5.74, 6) is -0.482. The summed E-state index contributed by atoms with van der Waals surface area (Å²) in [6, 6.07) is 11.2. The maximum Gasteiger partial charge on any atom is 0.257 e. The maximum absolute atomic E-state index is 14.2. The van der Waals surface area contributed by atoms with Crippen molar-refractivity contribution in [1.82, 2.24) is 5.32 Å². The van der Waals surface area contributed by atoms with Crippen molar-refractivity contribution < 1.29 is 18.3 Å². The number of para-hydroxylation sites is 1. The van der Waals surface area contributed by atoms with Crippen molar-refractivity contribution in [3.05, 3.63) is 65.2 Å². The van der Waals surface area contributed by atoms with E-state index in [9.17, 15) is 13.6 Å². The third-order valence-electron chi connectivity index (χ3n) is 5.23. The van der Waals surface area contributed by atoms with Crippen LogP contribution >= 0.6 is 0 Å². The molecule has 0 aliphatic heterocycles. The third kappa shape index (κ3) is 3.71. The summed E-state index contributed by atoms with van der Waals surface area (Å²) < 4.78 is 32.9. The van der Waals surface area contributed by atoms with Crippen molar-refractivity contribution in [1.29, 1.82) is 0 Å². The number of hydrogen-bond acceptors (Lipinski definition) is 2. The molecule has 2 aromatic rings. The molecule has 3 nitrogen and oxygen atoms in total. The van der Waals surface area contributed by atoms with Crippen molar-refractivity contribution in [2.45, 2.75) is 32.1 Å². The minimum absolute atomic E-state index is 0.0899. The fourth-order valence-corrected chi connectivity index (χ4v) is 3.49. The number of ether oxygens (including phenoxy) is 1. The number of aryl methyl sites for hydroxylation is 1. The number of halogens is 2. The normalized spacial score (nSPS) is 21.3. The van der Waals surface area contributed by atoms with Gasteiger partial charge in [-0.05, 0) is 42.0 Å². The molecule has 138 valence electrons. The second-order valence-electron chi connectivity index (χ2n) is 6.91. The Labute approximate surface area is 152 Å². The van der Waals surface area contributed by atoms with Gasteiger partial charge in [-0.2, -0.15) is 0 Å². The van der Waals surface area contributed by atoms with Gasteiger partial charge in [0.15, 0.2) is 6.61 Å². The highest BCUT2D eigenvalue weighted by molar-refractivity contribution is 5.77. The van der Waals surface area contributed by atoms with E-state index in [1.807, 2.05) is 38.1 Å². The van der Waals surface area contributed by atoms with Gasteiger partial charge in [0.25, 0.3) is 5.91 Å². The zero-order valence-corrected chi connectivity index (χ0v) is 15.0. The molecule has 26 heavy (non-hydrogen) atoms. The van der Waals surface area contributed by atoms with Gasteiger partial charge in [-0.15, -0.1) is 0 Å². The molecule has 5 heteroatoms. The topological polar surface area (TPSA) is 38.3 Å². The van der Waals surface area contributed by atoms with Crippen LogP contribution < -0.4 is 10.1 Å². The number of nitrogens with one attached hydrogen (secondary N) is 1. The largest absolute Gasteiger partial charge is 0.483 e. The quantitative estimate of drug-likeness (QED) is 0.811. The van der Waals surface area contributed by atoms with E-state index < -0.39 is 17.0 Å². The summed E-state index contributed by atoms with van der Waals surface area (Å²) in [5, 5.41) is 2.84. The van der Waals surface area contributed by atoms with E-state index in [4.69, 9.17) is 4.74 Å². The van der Waals surface area contributed by atoms with Crippen LogP contribution in [0.4, 0.5) is 8.78 Å². The second-order valence-corrected chi connectivity index (χ2v) is 6.91. The first-order chi connectivity index (χ1) is 12.5. The zero-order chi connectivity index (χ0) is 18.7. The molecular weight excluding hydrogens is 336 g/mol. The molecule has 1 saturated carbocycles. The highest BCUT2D eigenvalue weighted by atomic mass is 19.1. The van der Waals surface area contributed by atoms with Crippen LogP contribution in [0.2, 0.25) is 0 Å². The Balaban J connectivity index is 1.60. The number of benzene rings is 2. The Morgan fingerprint density at radius 1 is 1.27 bits per heavy atom. The molecule has 1 fully saturated rings. The number of amides is 1. The molecule has 2 aromatic carbocycles. The molecule has 1 amide bonds. The lowest BCUT2D eigenvalue weighted by Gasteiger charge is -2.19. The molecule has 0 saturated heterocycles. The van der Waals surface area contributed by atoms with E-state index in [2.05, 4.69) is 5.32 Å². The number of hydrogen-bond donors (Lipinski definition) is 1.